The molecule has 3 aromatic carbocycles. The normalized spacial score (nSPS) is 10.4. The number of Topliss-reactive ketones (excluding diaryl/α,β-unsaturated/α-hetero) is 2. The molecule has 0 saturated heterocycles. The number of hydrogen-bond acceptors (Lipinski definition) is 5. The maximum absolute atomic E-state index is 12.7. The first-order valence-electron chi connectivity index (χ1n) is 9.58. The van der Waals surface area contributed by atoms with Gasteiger partial charge in [0.15, 0.2) is 11.5 Å². The fourth-order valence-corrected chi connectivity index (χ4v) is 3.20. The number of ether oxygens (including phenoxy) is 3. The van der Waals surface area contributed by atoms with E-state index in [2.05, 4.69) is 0 Å². The average Bonchev–Trinajstić information content (AvgIpc) is 2.81. The molecule has 0 aliphatic carbocycles. The van der Waals surface area contributed by atoms with E-state index in [0.717, 1.165) is 24.0 Å². The molecule has 0 aromatic heterocycles. The number of methoxy groups -OCH3 is 3. The second-order valence-electron chi connectivity index (χ2n) is 6.78. The highest BCUT2D eigenvalue weighted by Gasteiger charge is 2.18. The first-order chi connectivity index (χ1) is 14.5. The Hall–Kier alpha value is -3.60. The van der Waals surface area contributed by atoms with Gasteiger partial charge in [0.05, 0.1) is 21.3 Å². The number of ketones is 2. The molecule has 0 amide bonds. The Kier molecular flexibility index (Phi) is 6.86. The number of benzene rings is 3. The molecule has 0 atom stereocenters. The van der Waals surface area contributed by atoms with Gasteiger partial charge in [-0.05, 0) is 66.4 Å². The lowest BCUT2D eigenvalue weighted by Crippen LogP contribution is -2.14. The Bertz CT molecular complexity index is 1040. The van der Waals surface area contributed by atoms with Crippen molar-refractivity contribution >= 4 is 11.6 Å². The fourth-order valence-electron chi connectivity index (χ4n) is 3.20. The summed E-state index contributed by atoms with van der Waals surface area (Å²) in [7, 11) is 4.76. The van der Waals surface area contributed by atoms with Crippen LogP contribution in [0.1, 0.15) is 31.8 Å². The monoisotopic (exact) mass is 404 g/mol. The summed E-state index contributed by atoms with van der Waals surface area (Å²) in [6, 6.07) is 19.5. The van der Waals surface area contributed by atoms with E-state index in [0.29, 0.717) is 28.4 Å². The number of aryl methyl sites for hydroxylation is 2. The molecular formula is C25H24O5. The summed E-state index contributed by atoms with van der Waals surface area (Å²) in [5, 5.41) is 0. The Labute approximate surface area is 176 Å². The summed E-state index contributed by atoms with van der Waals surface area (Å²) in [5.41, 5.74) is 2.81. The van der Waals surface area contributed by atoms with E-state index in [1.807, 2.05) is 24.3 Å². The van der Waals surface area contributed by atoms with Crippen LogP contribution in [-0.4, -0.2) is 32.9 Å². The Balaban J connectivity index is 1.71. The summed E-state index contributed by atoms with van der Waals surface area (Å²) in [4.78, 5) is 25.2. The molecule has 0 bridgehead atoms. The van der Waals surface area contributed by atoms with E-state index in [4.69, 9.17) is 14.2 Å². The smallest absolute Gasteiger partial charge is 0.233 e. The van der Waals surface area contributed by atoms with Gasteiger partial charge in [0.25, 0.3) is 0 Å². The van der Waals surface area contributed by atoms with Gasteiger partial charge in [0.2, 0.25) is 11.6 Å². The van der Waals surface area contributed by atoms with E-state index in [1.165, 1.54) is 0 Å². The van der Waals surface area contributed by atoms with Crippen LogP contribution in [0.25, 0.3) is 0 Å². The number of carbonyl (C=O) groups is 2. The van der Waals surface area contributed by atoms with Gasteiger partial charge in [-0.1, -0.05) is 24.3 Å². The number of rotatable bonds is 9. The Morgan fingerprint density at radius 2 is 1.27 bits per heavy atom. The van der Waals surface area contributed by atoms with E-state index in [1.54, 1.807) is 63.8 Å². The van der Waals surface area contributed by atoms with Crippen molar-refractivity contribution in [1.29, 1.82) is 0 Å². The molecule has 3 rings (SSSR count). The van der Waals surface area contributed by atoms with Crippen LogP contribution in [-0.2, 0) is 12.8 Å². The topological polar surface area (TPSA) is 61.8 Å². The molecule has 0 aliphatic rings. The van der Waals surface area contributed by atoms with Crippen LogP contribution in [0.2, 0.25) is 0 Å². The lowest BCUT2D eigenvalue weighted by molar-refractivity contribution is 0.0817. The van der Waals surface area contributed by atoms with Gasteiger partial charge in [0.1, 0.15) is 5.75 Å². The van der Waals surface area contributed by atoms with E-state index >= 15 is 0 Å². The zero-order valence-electron chi connectivity index (χ0n) is 17.3. The molecule has 0 heterocycles. The van der Waals surface area contributed by atoms with E-state index in [-0.39, 0.29) is 0 Å². The Morgan fingerprint density at radius 1 is 0.633 bits per heavy atom. The minimum absolute atomic E-state index is 0.344. The third-order valence-electron chi connectivity index (χ3n) is 4.90. The molecule has 0 spiro atoms. The van der Waals surface area contributed by atoms with Crippen LogP contribution in [0.15, 0.2) is 66.7 Å². The van der Waals surface area contributed by atoms with Gasteiger partial charge < -0.3 is 14.2 Å². The van der Waals surface area contributed by atoms with Gasteiger partial charge in [-0.3, -0.25) is 9.59 Å². The maximum atomic E-state index is 12.7. The van der Waals surface area contributed by atoms with Gasteiger partial charge in [-0.2, -0.15) is 0 Å². The second-order valence-corrected chi connectivity index (χ2v) is 6.78. The zero-order valence-corrected chi connectivity index (χ0v) is 17.3. The predicted molar refractivity (Wildman–Crippen MR) is 115 cm³/mol. The summed E-state index contributed by atoms with van der Waals surface area (Å²) >= 11 is 0. The molecule has 5 nitrogen and oxygen atoms in total. The fraction of sp³-hybridized carbons (Fsp3) is 0.200. The highest BCUT2D eigenvalue weighted by Crippen LogP contribution is 2.28. The summed E-state index contributed by atoms with van der Waals surface area (Å²) in [5.74, 6) is 0.953. The molecule has 0 fully saturated rings. The summed E-state index contributed by atoms with van der Waals surface area (Å²) in [6.07, 6.45) is 1.50. The molecule has 0 radical (unpaired) electrons. The third kappa shape index (κ3) is 4.87. The van der Waals surface area contributed by atoms with Gasteiger partial charge in [-0.25, -0.2) is 0 Å². The highest BCUT2D eigenvalue weighted by molar-refractivity contribution is 6.49. The van der Waals surface area contributed by atoms with Crippen LogP contribution in [0, 0.1) is 0 Å². The van der Waals surface area contributed by atoms with Crippen LogP contribution < -0.4 is 14.2 Å². The van der Waals surface area contributed by atoms with Crippen LogP contribution in [0.5, 0.6) is 17.2 Å². The predicted octanol–water partition coefficient (Wildman–Crippen LogP) is 4.56. The molecule has 0 unspecified atom stereocenters. The van der Waals surface area contributed by atoms with Crippen molar-refractivity contribution in [2.24, 2.45) is 0 Å². The summed E-state index contributed by atoms with van der Waals surface area (Å²) in [6.45, 7) is 0. The van der Waals surface area contributed by atoms with Gasteiger partial charge >= 0.3 is 0 Å². The van der Waals surface area contributed by atoms with Crippen LogP contribution in [0.3, 0.4) is 0 Å². The van der Waals surface area contributed by atoms with Crippen molar-refractivity contribution < 1.29 is 23.8 Å². The van der Waals surface area contributed by atoms with Gasteiger partial charge in [0, 0.05) is 11.1 Å². The first-order valence-corrected chi connectivity index (χ1v) is 9.58. The van der Waals surface area contributed by atoms with Crippen molar-refractivity contribution in [1.82, 2.24) is 0 Å². The molecular weight excluding hydrogens is 380 g/mol. The SMILES string of the molecule is COc1ccc(C(=O)C(=O)c2cccc(CCc3ccc(OC)c(OC)c3)c2)cc1. The lowest BCUT2D eigenvalue weighted by atomic mass is 9.97. The molecule has 0 N–H and O–H groups in total. The molecule has 0 aliphatic heterocycles. The van der Waals surface area contributed by atoms with E-state index < -0.39 is 11.6 Å². The molecule has 3 aromatic rings. The van der Waals surface area contributed by atoms with Crippen molar-refractivity contribution in [3.8, 4) is 17.2 Å². The summed E-state index contributed by atoms with van der Waals surface area (Å²) < 4.78 is 15.7. The minimum Gasteiger partial charge on any atom is -0.497 e. The third-order valence-corrected chi connectivity index (χ3v) is 4.90. The highest BCUT2D eigenvalue weighted by atomic mass is 16.5. The van der Waals surface area contributed by atoms with Crippen LogP contribution in [0.4, 0.5) is 0 Å². The van der Waals surface area contributed by atoms with Crippen molar-refractivity contribution in [3.63, 3.8) is 0 Å². The number of hydrogen-bond donors (Lipinski definition) is 0. The Morgan fingerprint density at radius 3 is 1.90 bits per heavy atom. The standard InChI is InChI=1S/C25H24O5/c1-28-21-12-10-19(11-13-21)24(26)25(27)20-6-4-5-17(15-20)7-8-18-9-14-22(29-2)23(16-18)30-3/h4-6,9-16H,7-8H2,1-3H3. The number of carbonyl (C=O) groups excluding carboxylic acids is 2. The minimum atomic E-state index is -0.533. The average molecular weight is 404 g/mol. The molecule has 30 heavy (non-hydrogen) atoms. The largest absolute Gasteiger partial charge is 0.497 e. The van der Waals surface area contributed by atoms with Gasteiger partial charge in [-0.15, -0.1) is 0 Å². The maximum Gasteiger partial charge on any atom is 0.233 e. The second kappa shape index (κ2) is 9.74. The van der Waals surface area contributed by atoms with Crippen molar-refractivity contribution in [2.45, 2.75) is 12.8 Å². The van der Waals surface area contributed by atoms with Crippen molar-refractivity contribution in [3.05, 3.63) is 89.0 Å². The molecule has 0 saturated carbocycles. The van der Waals surface area contributed by atoms with Crippen LogP contribution >= 0.6 is 0 Å². The quantitative estimate of drug-likeness (QED) is 0.386. The van der Waals surface area contributed by atoms with Crippen molar-refractivity contribution in [2.75, 3.05) is 21.3 Å². The van der Waals surface area contributed by atoms with E-state index in [9.17, 15) is 9.59 Å². The molecule has 154 valence electrons. The zero-order chi connectivity index (χ0) is 21.5. The lowest BCUT2D eigenvalue weighted by Gasteiger charge is -2.10. The first kappa shape index (κ1) is 21.1. The molecule has 5 heteroatoms.